The van der Waals surface area contributed by atoms with Crippen LogP contribution < -0.4 is 0 Å². The lowest BCUT2D eigenvalue weighted by molar-refractivity contribution is 1.01. The Labute approximate surface area is 44.5 Å². The van der Waals surface area contributed by atoms with Crippen LogP contribution in [0, 0.1) is 12.5 Å². The summed E-state index contributed by atoms with van der Waals surface area (Å²) in [5.74, 6) is 0. The summed E-state index contributed by atoms with van der Waals surface area (Å²) >= 11 is 0. The summed E-state index contributed by atoms with van der Waals surface area (Å²) in [7, 11) is 0. The second-order valence-electron chi connectivity index (χ2n) is 1.23. The molecule has 0 radical (unpaired) electrons. The Morgan fingerprint density at radius 1 is 1.86 bits per heavy atom. The summed E-state index contributed by atoms with van der Waals surface area (Å²) in [6, 6.07) is 2.17. The van der Waals surface area contributed by atoms with E-state index in [1.165, 1.54) is 0 Å². The van der Waals surface area contributed by atoms with Crippen LogP contribution in [0.5, 0.6) is 0 Å². The number of hydrogen-bond donors (Lipinski definition) is 0. The maximum atomic E-state index is 4.82. The maximum Gasteiger partial charge on any atom is 0.0298 e. The third kappa shape index (κ3) is 5.23. The van der Waals surface area contributed by atoms with E-state index < -0.39 is 0 Å². The minimum atomic E-state index is 0.990. The largest absolute Gasteiger partial charge is 0.211 e. The van der Waals surface area contributed by atoms with Gasteiger partial charge >= 0.3 is 0 Å². The van der Waals surface area contributed by atoms with E-state index in [-0.39, 0.29) is 0 Å². The molecule has 7 heavy (non-hydrogen) atoms. The average molecular weight is 95.1 g/mol. The Kier molecular flexibility index (Phi) is 4.65. The number of unbranched alkanes of at least 4 members (excludes halogenated alkanes) is 1. The third-order valence-electron chi connectivity index (χ3n) is 0.584. The van der Waals surface area contributed by atoms with Gasteiger partial charge in [0.25, 0.3) is 0 Å². The van der Waals surface area contributed by atoms with Crippen molar-refractivity contribution in [2.75, 3.05) is 0 Å². The quantitative estimate of drug-likeness (QED) is 0.363. The van der Waals surface area contributed by atoms with E-state index in [2.05, 4.69) is 18.0 Å². The van der Waals surface area contributed by atoms with Gasteiger partial charge in [-0.2, -0.15) is 0 Å². The summed E-state index contributed by atoms with van der Waals surface area (Å²) in [5, 5.41) is 0. The summed E-state index contributed by atoms with van der Waals surface area (Å²) in [5.41, 5.74) is 0. The SMILES string of the molecule is C#CN=CCCC. The minimum absolute atomic E-state index is 0.990. The molecule has 0 saturated heterocycles. The second kappa shape index (κ2) is 5.23. The zero-order chi connectivity index (χ0) is 5.54. The molecule has 0 amide bonds. The highest BCUT2D eigenvalue weighted by Gasteiger charge is 1.67. The Morgan fingerprint density at radius 3 is 3.00 bits per heavy atom. The number of rotatable bonds is 2. The van der Waals surface area contributed by atoms with Crippen molar-refractivity contribution in [3.63, 3.8) is 0 Å². The molecule has 0 unspecified atom stereocenters. The van der Waals surface area contributed by atoms with Gasteiger partial charge in [0.1, 0.15) is 0 Å². The van der Waals surface area contributed by atoms with E-state index in [9.17, 15) is 0 Å². The van der Waals surface area contributed by atoms with Gasteiger partial charge in [-0.05, 0) is 6.42 Å². The number of aliphatic imine (C=N–C) groups is 1. The molecule has 0 aliphatic carbocycles. The number of hydrogen-bond acceptors (Lipinski definition) is 1. The molecule has 0 aromatic rings. The molecular formula is C6H9N. The smallest absolute Gasteiger partial charge is 0.0298 e. The lowest BCUT2D eigenvalue weighted by Gasteiger charge is -1.75. The molecule has 0 N–H and O–H groups in total. The number of nitrogens with zero attached hydrogens (tertiary/aromatic N) is 1. The van der Waals surface area contributed by atoms with E-state index in [1.54, 1.807) is 6.21 Å². The van der Waals surface area contributed by atoms with Gasteiger partial charge in [-0.3, -0.25) is 0 Å². The van der Waals surface area contributed by atoms with Gasteiger partial charge in [-0.25, -0.2) is 4.99 Å². The molecule has 0 saturated carbocycles. The molecular weight excluding hydrogens is 86.1 g/mol. The van der Waals surface area contributed by atoms with E-state index in [4.69, 9.17) is 6.42 Å². The standard InChI is InChI=1S/C6H9N/c1-3-5-6-7-4-2/h2,6H,3,5H2,1H3. The lowest BCUT2D eigenvalue weighted by atomic mass is 10.4. The fraction of sp³-hybridized carbons (Fsp3) is 0.500. The summed E-state index contributed by atoms with van der Waals surface area (Å²) < 4.78 is 0. The van der Waals surface area contributed by atoms with Crippen LogP contribution in [-0.2, 0) is 0 Å². The second-order valence-corrected chi connectivity index (χ2v) is 1.23. The highest BCUT2D eigenvalue weighted by molar-refractivity contribution is 5.58. The van der Waals surface area contributed by atoms with E-state index in [1.807, 2.05) is 0 Å². The van der Waals surface area contributed by atoms with Gasteiger partial charge in [0.15, 0.2) is 0 Å². The van der Waals surface area contributed by atoms with Crippen molar-refractivity contribution in [2.45, 2.75) is 19.8 Å². The van der Waals surface area contributed by atoms with Crippen molar-refractivity contribution in [2.24, 2.45) is 4.99 Å². The van der Waals surface area contributed by atoms with Crippen LogP contribution in [0.25, 0.3) is 0 Å². The molecule has 0 aromatic heterocycles. The van der Waals surface area contributed by atoms with Crippen LogP contribution >= 0.6 is 0 Å². The topological polar surface area (TPSA) is 12.4 Å². The first kappa shape index (κ1) is 6.23. The van der Waals surface area contributed by atoms with Crippen molar-refractivity contribution in [1.82, 2.24) is 0 Å². The Morgan fingerprint density at radius 2 is 2.57 bits per heavy atom. The first-order valence-corrected chi connectivity index (χ1v) is 2.39. The van der Waals surface area contributed by atoms with Gasteiger partial charge in [-0.15, -0.1) is 0 Å². The third-order valence-corrected chi connectivity index (χ3v) is 0.584. The van der Waals surface area contributed by atoms with Gasteiger partial charge in [0.2, 0.25) is 0 Å². The molecule has 0 atom stereocenters. The van der Waals surface area contributed by atoms with Gasteiger partial charge in [0.05, 0.1) is 0 Å². The summed E-state index contributed by atoms with van der Waals surface area (Å²) in [6.45, 7) is 2.09. The van der Waals surface area contributed by atoms with Crippen LogP contribution in [0.4, 0.5) is 0 Å². The summed E-state index contributed by atoms with van der Waals surface area (Å²) in [6.07, 6.45) is 8.68. The zero-order valence-corrected chi connectivity index (χ0v) is 4.52. The Bertz CT molecular complexity index is 86.8. The van der Waals surface area contributed by atoms with Crippen LogP contribution in [0.3, 0.4) is 0 Å². The van der Waals surface area contributed by atoms with Gasteiger partial charge < -0.3 is 0 Å². The highest BCUT2D eigenvalue weighted by atomic mass is 14.6. The molecule has 0 spiro atoms. The normalized spacial score (nSPS) is 9.14. The van der Waals surface area contributed by atoms with Crippen molar-refractivity contribution in [3.8, 4) is 12.5 Å². The highest BCUT2D eigenvalue weighted by Crippen LogP contribution is 1.78. The van der Waals surface area contributed by atoms with Crippen LogP contribution in [0.15, 0.2) is 4.99 Å². The lowest BCUT2D eigenvalue weighted by Crippen LogP contribution is -1.67. The number of terminal acetylenes is 1. The molecule has 38 valence electrons. The van der Waals surface area contributed by atoms with E-state index in [0.29, 0.717) is 0 Å². The Hall–Kier alpha value is -0.770. The van der Waals surface area contributed by atoms with Gasteiger partial charge in [0, 0.05) is 12.3 Å². The molecule has 1 nitrogen and oxygen atoms in total. The molecule has 0 aliphatic heterocycles. The molecule has 1 heteroatoms. The molecule has 0 aliphatic rings. The zero-order valence-electron chi connectivity index (χ0n) is 4.52. The maximum absolute atomic E-state index is 4.82. The first-order valence-electron chi connectivity index (χ1n) is 2.39. The first-order chi connectivity index (χ1) is 3.41. The average Bonchev–Trinajstić information content (AvgIpc) is 1.69. The van der Waals surface area contributed by atoms with E-state index >= 15 is 0 Å². The molecule has 0 fully saturated rings. The molecule has 0 rings (SSSR count). The monoisotopic (exact) mass is 95.1 g/mol. The molecule has 0 aromatic carbocycles. The van der Waals surface area contributed by atoms with Crippen molar-refractivity contribution >= 4 is 6.21 Å². The predicted molar refractivity (Wildman–Crippen MR) is 32.2 cm³/mol. The van der Waals surface area contributed by atoms with Crippen molar-refractivity contribution in [1.29, 1.82) is 0 Å². The van der Waals surface area contributed by atoms with Crippen molar-refractivity contribution in [3.05, 3.63) is 0 Å². The van der Waals surface area contributed by atoms with Crippen LogP contribution in [0.1, 0.15) is 19.8 Å². The Balaban J connectivity index is 2.97. The van der Waals surface area contributed by atoms with Crippen molar-refractivity contribution < 1.29 is 0 Å². The molecule has 0 bridgehead atoms. The van der Waals surface area contributed by atoms with Crippen LogP contribution in [0.2, 0.25) is 0 Å². The van der Waals surface area contributed by atoms with Gasteiger partial charge in [-0.1, -0.05) is 19.8 Å². The minimum Gasteiger partial charge on any atom is -0.211 e. The summed E-state index contributed by atoms with van der Waals surface area (Å²) in [4.78, 5) is 3.56. The molecule has 0 heterocycles. The fourth-order valence-electron chi connectivity index (χ4n) is 0.246. The predicted octanol–water partition coefficient (Wildman–Crippen LogP) is 1.45. The van der Waals surface area contributed by atoms with Crippen LogP contribution in [-0.4, -0.2) is 6.21 Å². The fourth-order valence-corrected chi connectivity index (χ4v) is 0.246. The van der Waals surface area contributed by atoms with E-state index in [0.717, 1.165) is 12.8 Å².